The predicted molar refractivity (Wildman–Crippen MR) is 54.6 cm³/mol. The maximum atomic E-state index is 11.6. The average Bonchev–Trinajstić information content (AvgIpc) is 2.21. The van der Waals surface area contributed by atoms with Crippen molar-refractivity contribution in [3.05, 3.63) is 28.8 Å². The van der Waals surface area contributed by atoms with Gasteiger partial charge < -0.3 is 4.74 Å². The lowest BCUT2D eigenvalue weighted by Gasteiger charge is -2.15. The highest BCUT2D eigenvalue weighted by Gasteiger charge is 2.42. The highest BCUT2D eigenvalue weighted by Crippen LogP contribution is 2.41. The summed E-state index contributed by atoms with van der Waals surface area (Å²) in [5.41, 5.74) is 2.81. The number of hydrogen-bond donors (Lipinski definition) is 0. The van der Waals surface area contributed by atoms with Gasteiger partial charge in [-0.25, -0.2) is 0 Å². The molecule has 0 aromatic heterocycles. The second kappa shape index (κ2) is 2.59. The molecule has 2 nitrogen and oxygen atoms in total. The Morgan fingerprint density at radius 2 is 1.86 bits per heavy atom. The third-order valence-corrected chi connectivity index (χ3v) is 2.78. The lowest BCUT2D eigenvalue weighted by molar-refractivity contribution is -0.137. The molecule has 1 aliphatic rings. The SMILES string of the molecule is Cc1cc(C)c2c(c1)OC(=O)C2(C)C. The highest BCUT2D eigenvalue weighted by atomic mass is 16.5. The summed E-state index contributed by atoms with van der Waals surface area (Å²) in [6.45, 7) is 7.84. The van der Waals surface area contributed by atoms with Gasteiger partial charge in [0, 0.05) is 5.56 Å². The molecule has 0 atom stereocenters. The van der Waals surface area contributed by atoms with E-state index in [0.29, 0.717) is 0 Å². The topological polar surface area (TPSA) is 26.3 Å². The predicted octanol–water partition coefficient (Wildman–Crippen LogP) is 2.50. The van der Waals surface area contributed by atoms with Crippen molar-refractivity contribution in [1.82, 2.24) is 0 Å². The van der Waals surface area contributed by atoms with Crippen molar-refractivity contribution in [1.29, 1.82) is 0 Å². The number of fused-ring (bicyclic) bond motifs is 1. The first kappa shape index (κ1) is 9.25. The second-order valence-corrected chi connectivity index (χ2v) is 4.47. The maximum Gasteiger partial charge on any atom is 0.321 e. The molecule has 0 unspecified atom stereocenters. The van der Waals surface area contributed by atoms with Gasteiger partial charge in [0.1, 0.15) is 5.75 Å². The van der Waals surface area contributed by atoms with Crippen molar-refractivity contribution in [2.75, 3.05) is 0 Å². The van der Waals surface area contributed by atoms with Crippen LogP contribution in [0, 0.1) is 13.8 Å². The normalized spacial score (nSPS) is 17.9. The van der Waals surface area contributed by atoms with Gasteiger partial charge in [-0.2, -0.15) is 0 Å². The van der Waals surface area contributed by atoms with Crippen molar-refractivity contribution in [2.24, 2.45) is 0 Å². The van der Waals surface area contributed by atoms with Crippen LogP contribution in [-0.2, 0) is 10.2 Å². The fourth-order valence-corrected chi connectivity index (χ4v) is 2.14. The van der Waals surface area contributed by atoms with Crippen molar-refractivity contribution < 1.29 is 9.53 Å². The molecule has 74 valence electrons. The van der Waals surface area contributed by atoms with Gasteiger partial charge in [0.25, 0.3) is 0 Å². The quantitative estimate of drug-likeness (QED) is 0.464. The van der Waals surface area contributed by atoms with Crippen LogP contribution in [-0.4, -0.2) is 5.97 Å². The Kier molecular flexibility index (Phi) is 1.71. The summed E-state index contributed by atoms with van der Waals surface area (Å²) in [5, 5.41) is 0. The molecule has 0 amide bonds. The molecular formula is C12H14O2. The van der Waals surface area contributed by atoms with E-state index in [1.54, 1.807) is 0 Å². The van der Waals surface area contributed by atoms with Crippen LogP contribution in [0.2, 0.25) is 0 Å². The summed E-state index contributed by atoms with van der Waals surface area (Å²) < 4.78 is 5.24. The van der Waals surface area contributed by atoms with E-state index in [9.17, 15) is 4.79 Å². The molecular weight excluding hydrogens is 176 g/mol. The number of benzene rings is 1. The minimum atomic E-state index is -0.493. The molecule has 0 aliphatic carbocycles. The maximum absolute atomic E-state index is 11.6. The zero-order valence-corrected chi connectivity index (χ0v) is 8.97. The Hall–Kier alpha value is -1.31. The van der Waals surface area contributed by atoms with E-state index in [-0.39, 0.29) is 5.97 Å². The van der Waals surface area contributed by atoms with Crippen LogP contribution in [0.25, 0.3) is 0 Å². The first-order valence-corrected chi connectivity index (χ1v) is 4.77. The Bertz CT molecular complexity index is 417. The smallest absolute Gasteiger partial charge is 0.321 e. The summed E-state index contributed by atoms with van der Waals surface area (Å²) in [4.78, 5) is 11.6. The molecule has 0 spiro atoms. The van der Waals surface area contributed by atoms with E-state index in [1.165, 1.54) is 0 Å². The van der Waals surface area contributed by atoms with Gasteiger partial charge in [-0.15, -0.1) is 0 Å². The average molecular weight is 190 g/mol. The first-order chi connectivity index (χ1) is 6.43. The Morgan fingerprint density at radius 3 is 2.50 bits per heavy atom. The third-order valence-electron chi connectivity index (χ3n) is 2.78. The number of carbonyl (C=O) groups is 1. The largest absolute Gasteiger partial charge is 0.426 e. The number of hydrogen-bond acceptors (Lipinski definition) is 2. The number of aryl methyl sites for hydroxylation is 2. The number of esters is 1. The van der Waals surface area contributed by atoms with Crippen molar-refractivity contribution in [2.45, 2.75) is 33.1 Å². The van der Waals surface area contributed by atoms with E-state index in [4.69, 9.17) is 4.74 Å². The van der Waals surface area contributed by atoms with Crippen LogP contribution >= 0.6 is 0 Å². The minimum absolute atomic E-state index is 0.152. The van der Waals surface area contributed by atoms with Crippen LogP contribution in [0.4, 0.5) is 0 Å². The standard InChI is InChI=1S/C12H14O2/c1-7-5-8(2)10-9(6-7)14-11(13)12(10,3)4/h5-6H,1-4H3. The van der Waals surface area contributed by atoms with Gasteiger partial charge in [0.05, 0.1) is 5.41 Å². The summed E-state index contributed by atoms with van der Waals surface area (Å²) in [7, 11) is 0. The molecule has 0 fully saturated rings. The molecule has 14 heavy (non-hydrogen) atoms. The number of ether oxygens (including phenoxy) is 1. The van der Waals surface area contributed by atoms with Gasteiger partial charge in [0.15, 0.2) is 0 Å². The van der Waals surface area contributed by atoms with Crippen molar-refractivity contribution in [3.8, 4) is 5.75 Å². The molecule has 2 heteroatoms. The van der Waals surface area contributed by atoms with Crippen LogP contribution in [0.3, 0.4) is 0 Å². The zero-order chi connectivity index (χ0) is 10.5. The summed E-state index contributed by atoms with van der Waals surface area (Å²) in [5.74, 6) is 0.582. The monoisotopic (exact) mass is 190 g/mol. The van der Waals surface area contributed by atoms with Gasteiger partial charge in [-0.3, -0.25) is 4.79 Å². The molecule has 1 aromatic rings. The molecule has 1 heterocycles. The zero-order valence-electron chi connectivity index (χ0n) is 8.97. The number of rotatable bonds is 0. The molecule has 0 bridgehead atoms. The molecule has 1 aliphatic heterocycles. The third kappa shape index (κ3) is 1.07. The molecule has 1 aromatic carbocycles. The van der Waals surface area contributed by atoms with Crippen molar-refractivity contribution >= 4 is 5.97 Å². The number of carbonyl (C=O) groups excluding carboxylic acids is 1. The van der Waals surface area contributed by atoms with Crippen LogP contribution in [0.5, 0.6) is 5.75 Å². The second-order valence-electron chi connectivity index (χ2n) is 4.47. The van der Waals surface area contributed by atoms with Crippen LogP contribution in [0.1, 0.15) is 30.5 Å². The summed E-state index contributed by atoms with van der Waals surface area (Å²) in [6.07, 6.45) is 0. The molecule has 0 saturated heterocycles. The first-order valence-electron chi connectivity index (χ1n) is 4.77. The van der Waals surface area contributed by atoms with E-state index >= 15 is 0 Å². The van der Waals surface area contributed by atoms with Crippen LogP contribution in [0.15, 0.2) is 12.1 Å². The van der Waals surface area contributed by atoms with Crippen LogP contribution < -0.4 is 4.74 Å². The summed E-state index contributed by atoms with van der Waals surface area (Å²) >= 11 is 0. The lowest BCUT2D eigenvalue weighted by atomic mass is 9.83. The molecule has 0 N–H and O–H groups in total. The van der Waals surface area contributed by atoms with Gasteiger partial charge in [-0.1, -0.05) is 6.07 Å². The lowest BCUT2D eigenvalue weighted by Crippen LogP contribution is -2.26. The van der Waals surface area contributed by atoms with E-state index < -0.39 is 5.41 Å². The van der Waals surface area contributed by atoms with Gasteiger partial charge in [0.2, 0.25) is 0 Å². The van der Waals surface area contributed by atoms with Gasteiger partial charge in [-0.05, 0) is 44.9 Å². The Labute approximate surface area is 83.9 Å². The van der Waals surface area contributed by atoms with Crippen molar-refractivity contribution in [3.63, 3.8) is 0 Å². The fourth-order valence-electron chi connectivity index (χ4n) is 2.14. The minimum Gasteiger partial charge on any atom is -0.426 e. The van der Waals surface area contributed by atoms with Gasteiger partial charge >= 0.3 is 5.97 Å². The van der Waals surface area contributed by atoms with E-state index in [1.807, 2.05) is 33.8 Å². The summed E-state index contributed by atoms with van der Waals surface area (Å²) in [6, 6.07) is 4.01. The molecule has 2 rings (SSSR count). The Morgan fingerprint density at radius 1 is 1.21 bits per heavy atom. The molecule has 0 radical (unpaired) electrons. The fraction of sp³-hybridized carbons (Fsp3) is 0.417. The van der Waals surface area contributed by atoms with E-state index in [2.05, 4.69) is 6.07 Å². The Balaban J connectivity index is 2.71. The highest BCUT2D eigenvalue weighted by molar-refractivity contribution is 5.90. The molecule has 0 saturated carbocycles. The van der Waals surface area contributed by atoms with E-state index in [0.717, 1.165) is 22.4 Å².